The van der Waals surface area contributed by atoms with Gasteiger partial charge in [-0.25, -0.2) is 4.79 Å². The first-order chi connectivity index (χ1) is 6.56. The van der Waals surface area contributed by atoms with Crippen molar-refractivity contribution < 1.29 is 9.90 Å². The first-order valence-electron chi connectivity index (χ1n) is 4.00. The molecule has 2 N–H and O–H groups in total. The highest BCUT2D eigenvalue weighted by atomic mass is 35.5. The molecule has 0 aliphatic rings. The van der Waals surface area contributed by atoms with Gasteiger partial charge < -0.3 is 10.4 Å². The van der Waals surface area contributed by atoms with Crippen molar-refractivity contribution in [3.8, 4) is 5.75 Å². The van der Waals surface area contributed by atoms with Gasteiger partial charge in [-0.3, -0.25) is 4.90 Å². The zero-order valence-corrected chi connectivity index (χ0v) is 8.67. The fourth-order valence-corrected chi connectivity index (χ4v) is 1.16. The van der Waals surface area contributed by atoms with E-state index in [0.29, 0.717) is 5.69 Å². The standard InChI is InChI=1S/C9H11ClN2O2/c1-11-9(14)12(2)6-3-4-8(13)7(10)5-6/h3-5,13H,1-2H3,(H,11,14). The first-order valence-corrected chi connectivity index (χ1v) is 4.38. The molecule has 0 bridgehead atoms. The van der Waals surface area contributed by atoms with Gasteiger partial charge in [0, 0.05) is 19.8 Å². The molecule has 2 amide bonds. The van der Waals surface area contributed by atoms with Crippen LogP contribution < -0.4 is 10.2 Å². The molecular formula is C9H11ClN2O2. The van der Waals surface area contributed by atoms with Gasteiger partial charge in [-0.05, 0) is 18.2 Å². The Labute approximate surface area is 87.1 Å². The Morgan fingerprint density at radius 3 is 2.71 bits per heavy atom. The van der Waals surface area contributed by atoms with E-state index >= 15 is 0 Å². The molecule has 0 aliphatic carbocycles. The maximum absolute atomic E-state index is 11.2. The lowest BCUT2D eigenvalue weighted by atomic mass is 10.3. The van der Waals surface area contributed by atoms with Gasteiger partial charge in [-0.1, -0.05) is 11.6 Å². The van der Waals surface area contributed by atoms with Crippen LogP contribution in [0.15, 0.2) is 18.2 Å². The molecule has 0 atom stereocenters. The van der Waals surface area contributed by atoms with Crippen LogP contribution in [0.25, 0.3) is 0 Å². The fraction of sp³-hybridized carbons (Fsp3) is 0.222. The lowest BCUT2D eigenvalue weighted by Crippen LogP contribution is -2.34. The van der Waals surface area contributed by atoms with E-state index in [2.05, 4.69) is 5.32 Å². The van der Waals surface area contributed by atoms with Crippen LogP contribution in [0.5, 0.6) is 5.75 Å². The van der Waals surface area contributed by atoms with E-state index in [1.807, 2.05) is 0 Å². The average molecular weight is 215 g/mol. The van der Waals surface area contributed by atoms with Gasteiger partial charge in [-0.2, -0.15) is 0 Å². The minimum absolute atomic E-state index is 0.000670. The van der Waals surface area contributed by atoms with Crippen molar-refractivity contribution in [2.75, 3.05) is 19.0 Å². The zero-order chi connectivity index (χ0) is 10.7. The van der Waals surface area contributed by atoms with Crippen molar-refractivity contribution in [1.82, 2.24) is 5.32 Å². The number of phenols is 1. The number of urea groups is 1. The van der Waals surface area contributed by atoms with Crippen LogP contribution in [0.4, 0.5) is 10.5 Å². The van der Waals surface area contributed by atoms with Gasteiger partial charge >= 0.3 is 6.03 Å². The van der Waals surface area contributed by atoms with Crippen molar-refractivity contribution in [3.05, 3.63) is 23.2 Å². The summed E-state index contributed by atoms with van der Waals surface area (Å²) in [6, 6.07) is 4.33. The van der Waals surface area contributed by atoms with Crippen LogP contribution in [0.3, 0.4) is 0 Å². The van der Waals surface area contributed by atoms with Gasteiger partial charge in [0.2, 0.25) is 0 Å². The van der Waals surface area contributed by atoms with Crippen LogP contribution in [-0.2, 0) is 0 Å². The predicted molar refractivity (Wildman–Crippen MR) is 56.0 cm³/mol. The molecule has 0 radical (unpaired) electrons. The average Bonchev–Trinajstić information content (AvgIpc) is 2.20. The molecule has 0 saturated carbocycles. The van der Waals surface area contributed by atoms with E-state index in [9.17, 15) is 9.90 Å². The fourth-order valence-electron chi connectivity index (χ4n) is 0.989. The highest BCUT2D eigenvalue weighted by Crippen LogP contribution is 2.27. The lowest BCUT2D eigenvalue weighted by molar-refractivity contribution is 0.249. The summed E-state index contributed by atoms with van der Waals surface area (Å²) in [7, 11) is 3.16. The van der Waals surface area contributed by atoms with Crippen LogP contribution >= 0.6 is 11.6 Å². The number of phenolic OH excluding ortho intramolecular Hbond substituents is 1. The summed E-state index contributed by atoms with van der Waals surface area (Å²) in [6.07, 6.45) is 0. The summed E-state index contributed by atoms with van der Waals surface area (Å²) in [5.41, 5.74) is 0.618. The second-order valence-electron chi connectivity index (χ2n) is 2.75. The summed E-state index contributed by atoms with van der Waals surface area (Å²) >= 11 is 5.70. The number of anilines is 1. The number of nitrogens with one attached hydrogen (secondary N) is 1. The van der Waals surface area contributed by atoms with Crippen molar-refractivity contribution in [2.24, 2.45) is 0 Å². The molecule has 1 rings (SSSR count). The van der Waals surface area contributed by atoms with Gasteiger partial charge in [0.1, 0.15) is 5.75 Å². The number of carbonyl (C=O) groups is 1. The van der Waals surface area contributed by atoms with Crippen LogP contribution in [-0.4, -0.2) is 25.2 Å². The van der Waals surface area contributed by atoms with Crippen molar-refractivity contribution in [1.29, 1.82) is 0 Å². The number of nitrogens with zero attached hydrogens (tertiary/aromatic N) is 1. The Morgan fingerprint density at radius 1 is 1.57 bits per heavy atom. The van der Waals surface area contributed by atoms with E-state index in [1.165, 1.54) is 17.0 Å². The number of halogens is 1. The quantitative estimate of drug-likeness (QED) is 0.749. The maximum atomic E-state index is 11.2. The van der Waals surface area contributed by atoms with Crippen molar-refractivity contribution in [3.63, 3.8) is 0 Å². The Bertz CT molecular complexity index is 355. The summed E-state index contributed by atoms with van der Waals surface area (Å²) in [6.45, 7) is 0. The number of amides is 2. The summed E-state index contributed by atoms with van der Waals surface area (Å²) in [5.74, 6) is 0.000670. The number of hydrogen-bond acceptors (Lipinski definition) is 2. The Morgan fingerprint density at radius 2 is 2.21 bits per heavy atom. The highest BCUT2D eigenvalue weighted by molar-refractivity contribution is 6.32. The summed E-state index contributed by atoms with van der Waals surface area (Å²) in [4.78, 5) is 12.6. The minimum Gasteiger partial charge on any atom is -0.506 e. The topological polar surface area (TPSA) is 52.6 Å². The second-order valence-corrected chi connectivity index (χ2v) is 3.16. The molecule has 0 saturated heterocycles. The molecule has 0 spiro atoms. The molecule has 5 heteroatoms. The van der Waals surface area contributed by atoms with E-state index in [4.69, 9.17) is 11.6 Å². The smallest absolute Gasteiger partial charge is 0.321 e. The summed E-state index contributed by atoms with van der Waals surface area (Å²) in [5, 5.41) is 11.9. The van der Waals surface area contributed by atoms with Gasteiger partial charge in [-0.15, -0.1) is 0 Å². The summed E-state index contributed by atoms with van der Waals surface area (Å²) < 4.78 is 0. The molecule has 0 heterocycles. The SMILES string of the molecule is CNC(=O)N(C)c1ccc(O)c(Cl)c1. The normalized spacial score (nSPS) is 9.64. The molecule has 0 aromatic heterocycles. The first kappa shape index (κ1) is 10.7. The van der Waals surface area contributed by atoms with Gasteiger partial charge in [0.05, 0.1) is 5.02 Å². The third-order valence-corrected chi connectivity index (χ3v) is 2.14. The van der Waals surface area contributed by atoms with E-state index < -0.39 is 0 Å². The molecule has 0 fully saturated rings. The van der Waals surface area contributed by atoms with E-state index in [1.54, 1.807) is 20.2 Å². The third-order valence-electron chi connectivity index (χ3n) is 1.84. The highest BCUT2D eigenvalue weighted by Gasteiger charge is 2.09. The molecule has 1 aromatic rings. The van der Waals surface area contributed by atoms with Crippen LogP contribution in [0, 0.1) is 0 Å². The molecule has 76 valence electrons. The number of carbonyl (C=O) groups excluding carboxylic acids is 1. The van der Waals surface area contributed by atoms with Crippen molar-refractivity contribution >= 4 is 23.3 Å². The maximum Gasteiger partial charge on any atom is 0.321 e. The number of hydrogen-bond donors (Lipinski definition) is 2. The number of benzene rings is 1. The minimum atomic E-state index is -0.244. The molecule has 0 aliphatic heterocycles. The molecule has 14 heavy (non-hydrogen) atoms. The predicted octanol–water partition coefficient (Wildman–Crippen LogP) is 1.82. The second kappa shape index (κ2) is 4.19. The van der Waals surface area contributed by atoms with E-state index in [0.717, 1.165) is 0 Å². The zero-order valence-electron chi connectivity index (χ0n) is 7.91. The molecule has 0 unspecified atom stereocenters. The molecule has 4 nitrogen and oxygen atoms in total. The number of aromatic hydroxyl groups is 1. The van der Waals surface area contributed by atoms with Gasteiger partial charge in [0.15, 0.2) is 0 Å². The largest absolute Gasteiger partial charge is 0.506 e. The van der Waals surface area contributed by atoms with Crippen LogP contribution in [0.2, 0.25) is 5.02 Å². The molecular weight excluding hydrogens is 204 g/mol. The van der Waals surface area contributed by atoms with Crippen LogP contribution in [0.1, 0.15) is 0 Å². The van der Waals surface area contributed by atoms with Crippen molar-refractivity contribution in [2.45, 2.75) is 0 Å². The van der Waals surface area contributed by atoms with E-state index in [-0.39, 0.29) is 16.8 Å². The Balaban J connectivity index is 2.96. The Hall–Kier alpha value is -1.42. The lowest BCUT2D eigenvalue weighted by Gasteiger charge is -2.16. The molecule has 1 aromatic carbocycles. The number of rotatable bonds is 1. The van der Waals surface area contributed by atoms with Gasteiger partial charge in [0.25, 0.3) is 0 Å². The Kier molecular flexibility index (Phi) is 3.19. The third kappa shape index (κ3) is 2.09. The monoisotopic (exact) mass is 214 g/mol.